The SMILES string of the molecule is CC(c1ccccc1)[N@@+](Cc1ccccc1)(C(=O)O)C1CC1(F)Br. The second-order valence-corrected chi connectivity index (χ2v) is 7.74. The molecule has 1 amide bonds. The van der Waals surface area contributed by atoms with Crippen molar-refractivity contribution < 1.29 is 18.8 Å². The Hall–Kier alpha value is -1.72. The van der Waals surface area contributed by atoms with E-state index in [9.17, 15) is 14.3 Å². The third kappa shape index (κ3) is 2.98. The Morgan fingerprint density at radius 1 is 1.25 bits per heavy atom. The molecule has 3 rings (SSSR count). The number of amides is 1. The molecule has 1 saturated carbocycles. The smallest absolute Gasteiger partial charge is 0.435 e. The predicted molar refractivity (Wildman–Crippen MR) is 94.5 cm³/mol. The van der Waals surface area contributed by atoms with Crippen molar-refractivity contribution in [3.8, 4) is 0 Å². The van der Waals surface area contributed by atoms with E-state index in [1.807, 2.05) is 67.6 Å². The minimum atomic E-state index is -1.62. The van der Waals surface area contributed by atoms with Crippen LogP contribution in [0.15, 0.2) is 60.7 Å². The Morgan fingerprint density at radius 2 is 1.75 bits per heavy atom. The number of nitrogens with zero attached hydrogens (tertiary/aromatic N) is 1. The van der Waals surface area contributed by atoms with Crippen molar-refractivity contribution in [2.75, 3.05) is 0 Å². The molecule has 5 heteroatoms. The van der Waals surface area contributed by atoms with E-state index in [2.05, 4.69) is 15.9 Å². The number of rotatable bonds is 5. The van der Waals surface area contributed by atoms with Crippen LogP contribution in [0.4, 0.5) is 9.18 Å². The van der Waals surface area contributed by atoms with Gasteiger partial charge in [0.1, 0.15) is 18.6 Å². The van der Waals surface area contributed by atoms with Gasteiger partial charge in [-0.2, -0.15) is 4.79 Å². The molecule has 24 heavy (non-hydrogen) atoms. The van der Waals surface area contributed by atoms with Gasteiger partial charge in [0.05, 0.1) is 6.42 Å². The largest absolute Gasteiger partial charge is 0.514 e. The van der Waals surface area contributed by atoms with Crippen LogP contribution < -0.4 is 0 Å². The first-order chi connectivity index (χ1) is 11.4. The first-order valence-electron chi connectivity index (χ1n) is 7.95. The Morgan fingerprint density at radius 3 is 2.21 bits per heavy atom. The molecule has 1 aliphatic carbocycles. The van der Waals surface area contributed by atoms with E-state index in [0.717, 1.165) is 11.1 Å². The molecule has 4 atom stereocenters. The number of alkyl halides is 2. The fourth-order valence-electron chi connectivity index (χ4n) is 3.47. The zero-order valence-electron chi connectivity index (χ0n) is 13.4. The van der Waals surface area contributed by atoms with Gasteiger partial charge in [0.15, 0.2) is 0 Å². The molecule has 1 fully saturated rings. The van der Waals surface area contributed by atoms with Crippen molar-refractivity contribution in [3.63, 3.8) is 0 Å². The number of quaternary nitrogens is 1. The first-order valence-corrected chi connectivity index (χ1v) is 8.75. The first kappa shape index (κ1) is 17.1. The fourth-order valence-corrected chi connectivity index (χ4v) is 4.14. The van der Waals surface area contributed by atoms with Crippen molar-refractivity contribution in [1.82, 2.24) is 0 Å². The van der Waals surface area contributed by atoms with Gasteiger partial charge in [0, 0.05) is 11.1 Å². The average molecular weight is 393 g/mol. The quantitative estimate of drug-likeness (QED) is 0.555. The van der Waals surface area contributed by atoms with E-state index in [0.29, 0.717) is 0 Å². The van der Waals surface area contributed by atoms with Crippen LogP contribution in [-0.4, -0.2) is 26.3 Å². The Labute approximate surface area is 149 Å². The van der Waals surface area contributed by atoms with Crippen LogP contribution in [0, 0.1) is 0 Å². The third-order valence-electron chi connectivity index (χ3n) is 4.97. The second kappa shape index (κ2) is 6.30. The molecular formula is C19H20BrFNO2+. The zero-order chi connectivity index (χ0) is 17.4. The highest BCUT2D eigenvalue weighted by atomic mass is 79.9. The lowest BCUT2D eigenvalue weighted by Gasteiger charge is -2.39. The highest BCUT2D eigenvalue weighted by Crippen LogP contribution is 2.56. The van der Waals surface area contributed by atoms with Crippen LogP contribution in [0.1, 0.15) is 30.5 Å². The third-order valence-corrected chi connectivity index (χ3v) is 5.82. The van der Waals surface area contributed by atoms with Gasteiger partial charge >= 0.3 is 6.09 Å². The normalized spacial score (nSPS) is 26.4. The van der Waals surface area contributed by atoms with Crippen molar-refractivity contribution in [1.29, 1.82) is 0 Å². The maximum atomic E-state index is 14.5. The summed E-state index contributed by atoms with van der Waals surface area (Å²) >= 11 is 3.07. The van der Waals surface area contributed by atoms with Gasteiger partial charge in [-0.25, -0.2) is 8.87 Å². The summed E-state index contributed by atoms with van der Waals surface area (Å²) in [7, 11) is 0. The van der Waals surface area contributed by atoms with Gasteiger partial charge in [0.25, 0.3) is 0 Å². The molecule has 0 saturated heterocycles. The van der Waals surface area contributed by atoms with Gasteiger partial charge in [-0.15, -0.1) is 0 Å². The van der Waals surface area contributed by atoms with Gasteiger partial charge in [-0.3, -0.25) is 0 Å². The fraction of sp³-hybridized carbons (Fsp3) is 0.316. The summed E-state index contributed by atoms with van der Waals surface area (Å²) in [6.45, 7) is 2.11. The van der Waals surface area contributed by atoms with Crippen molar-refractivity contribution in [3.05, 3.63) is 71.8 Å². The minimum Gasteiger partial charge on any atom is -0.435 e. The van der Waals surface area contributed by atoms with Crippen LogP contribution in [0.5, 0.6) is 0 Å². The van der Waals surface area contributed by atoms with E-state index < -0.39 is 16.7 Å². The van der Waals surface area contributed by atoms with E-state index in [-0.39, 0.29) is 23.5 Å². The van der Waals surface area contributed by atoms with Gasteiger partial charge in [-0.1, -0.05) is 60.7 Å². The minimum absolute atomic E-state index is 0.198. The molecule has 1 aliphatic rings. The summed E-state index contributed by atoms with van der Waals surface area (Å²) in [5.41, 5.74) is 1.78. The lowest BCUT2D eigenvalue weighted by atomic mass is 10.0. The van der Waals surface area contributed by atoms with E-state index in [1.54, 1.807) is 0 Å². The predicted octanol–water partition coefficient (Wildman–Crippen LogP) is 5.28. The van der Waals surface area contributed by atoms with Gasteiger partial charge in [-0.05, 0) is 22.9 Å². The number of hydrogen-bond acceptors (Lipinski definition) is 1. The average Bonchev–Trinajstić information content (AvgIpc) is 3.22. The molecule has 0 bridgehead atoms. The summed E-state index contributed by atoms with van der Waals surface area (Å²) in [6.07, 6.45) is -0.803. The van der Waals surface area contributed by atoms with E-state index in [4.69, 9.17) is 0 Å². The molecule has 3 unspecified atom stereocenters. The van der Waals surface area contributed by atoms with Gasteiger partial charge < -0.3 is 5.11 Å². The molecule has 1 N–H and O–H groups in total. The Bertz CT molecular complexity index is 723. The molecule has 2 aromatic rings. The maximum absolute atomic E-state index is 14.5. The summed E-state index contributed by atoms with van der Waals surface area (Å²) in [5, 5.41) is 10.1. The standard InChI is InChI=1S/C19H19BrFNO2/c1-14(16-10-6-3-7-11-16)22(18(23)24,17-12-19(17,20)21)13-15-8-4-2-5-9-15/h2-11,14,17H,12-13H2,1H3/p+1/t14?,17?,19?,22-/m1/s1. The number of hydrogen-bond donors (Lipinski definition) is 1. The summed E-state index contributed by atoms with van der Waals surface area (Å²) in [5.74, 6) is 0. The van der Waals surface area contributed by atoms with Crippen molar-refractivity contribution in [2.45, 2.75) is 36.6 Å². The highest BCUT2D eigenvalue weighted by molar-refractivity contribution is 9.10. The van der Waals surface area contributed by atoms with Crippen molar-refractivity contribution in [2.24, 2.45) is 0 Å². The van der Waals surface area contributed by atoms with Crippen LogP contribution in [0.2, 0.25) is 0 Å². The van der Waals surface area contributed by atoms with Crippen LogP contribution in [0.25, 0.3) is 0 Å². The van der Waals surface area contributed by atoms with Crippen molar-refractivity contribution >= 4 is 22.0 Å². The molecule has 0 spiro atoms. The van der Waals surface area contributed by atoms with Crippen LogP contribution in [-0.2, 0) is 6.54 Å². The second-order valence-electron chi connectivity index (χ2n) is 6.42. The molecular weight excluding hydrogens is 373 g/mol. The molecule has 0 heterocycles. The maximum Gasteiger partial charge on any atom is 0.514 e. The zero-order valence-corrected chi connectivity index (χ0v) is 15.0. The van der Waals surface area contributed by atoms with Crippen LogP contribution in [0.3, 0.4) is 0 Å². The topological polar surface area (TPSA) is 37.3 Å². The number of halogens is 2. The molecule has 0 aromatic heterocycles. The highest BCUT2D eigenvalue weighted by Gasteiger charge is 2.70. The molecule has 0 radical (unpaired) electrons. The Kier molecular flexibility index (Phi) is 4.49. The molecule has 126 valence electrons. The number of carboxylic acid groups (broad SMARTS) is 1. The molecule has 0 aliphatic heterocycles. The van der Waals surface area contributed by atoms with E-state index in [1.165, 1.54) is 0 Å². The summed E-state index contributed by atoms with van der Waals surface area (Å²) in [4.78, 5) is 12.4. The van der Waals surface area contributed by atoms with Gasteiger partial charge in [0.2, 0.25) is 4.58 Å². The lowest BCUT2D eigenvalue weighted by molar-refractivity contribution is -0.911. The molecule has 3 nitrogen and oxygen atoms in total. The number of benzene rings is 2. The summed E-state index contributed by atoms with van der Waals surface area (Å²) < 4.78 is 12.6. The van der Waals surface area contributed by atoms with Crippen LogP contribution >= 0.6 is 15.9 Å². The monoisotopic (exact) mass is 392 g/mol. The summed E-state index contributed by atoms with van der Waals surface area (Å²) in [6, 6.07) is 17.9. The molecule has 2 aromatic carbocycles. The Balaban J connectivity index is 2.07. The van der Waals surface area contributed by atoms with E-state index >= 15 is 0 Å². The number of carbonyl (C=O) groups is 1. The lowest BCUT2D eigenvalue weighted by Crippen LogP contribution is -2.56.